The normalized spacial score (nSPS) is 18.6. The molecule has 3 nitrogen and oxygen atoms in total. The Morgan fingerprint density at radius 1 is 1.19 bits per heavy atom. The molecule has 0 aromatic heterocycles. The number of benzene rings is 2. The molecule has 0 saturated heterocycles. The third-order valence-corrected chi connectivity index (χ3v) is 4.89. The Bertz CT molecular complexity index is 874. The summed E-state index contributed by atoms with van der Waals surface area (Å²) in [5.74, 6) is -1.17. The van der Waals surface area contributed by atoms with Gasteiger partial charge in [-0.2, -0.15) is 18.4 Å². The fourth-order valence-corrected chi connectivity index (χ4v) is 3.43. The van der Waals surface area contributed by atoms with Crippen LogP contribution in [0, 0.1) is 17.2 Å². The first kappa shape index (κ1) is 19.2. The molecule has 1 fully saturated rings. The number of rotatable bonds is 5. The van der Waals surface area contributed by atoms with Gasteiger partial charge in [0.05, 0.1) is 11.6 Å². The van der Waals surface area contributed by atoms with Gasteiger partial charge in [0.25, 0.3) is 0 Å². The minimum absolute atomic E-state index is 0.150. The van der Waals surface area contributed by atoms with Gasteiger partial charge >= 0.3 is 6.18 Å². The molecule has 0 N–H and O–H groups in total. The average Bonchev–Trinajstić information content (AvgIpc) is 3.41. The van der Waals surface area contributed by atoms with Crippen LogP contribution in [0.5, 0.6) is 0 Å². The lowest BCUT2D eigenvalue weighted by Crippen LogP contribution is -2.39. The van der Waals surface area contributed by atoms with Gasteiger partial charge in [0.1, 0.15) is 6.54 Å². The maximum Gasteiger partial charge on any atom is 0.406 e. The molecule has 1 saturated carbocycles. The average molecular weight is 393 g/mol. The molecule has 0 bridgehead atoms. The maximum atomic E-state index is 13.0. The molecule has 1 amide bonds. The van der Waals surface area contributed by atoms with Crippen molar-refractivity contribution in [2.45, 2.75) is 25.1 Å². The van der Waals surface area contributed by atoms with E-state index < -0.39 is 24.5 Å². The highest BCUT2D eigenvalue weighted by Gasteiger charge is 2.48. The molecule has 2 unspecified atom stereocenters. The lowest BCUT2D eigenvalue weighted by Gasteiger charge is -2.24. The third-order valence-electron chi connectivity index (χ3n) is 4.55. The fourth-order valence-electron chi connectivity index (χ4n) is 3.16. The van der Waals surface area contributed by atoms with E-state index in [1.165, 1.54) is 12.1 Å². The van der Waals surface area contributed by atoms with Crippen molar-refractivity contribution in [1.29, 1.82) is 5.26 Å². The van der Waals surface area contributed by atoms with Crippen LogP contribution in [0.25, 0.3) is 0 Å². The standard InChI is InChI=1S/C20H16ClF3N2O/c21-18-4-2-1-3-15(18)16-9-17(16)19(27)26(12-20(22,23)24)11-14-7-5-13(10-25)6-8-14/h1-8,16-17H,9,11-12H2. The van der Waals surface area contributed by atoms with E-state index in [-0.39, 0.29) is 12.5 Å². The van der Waals surface area contributed by atoms with Gasteiger partial charge in [0.2, 0.25) is 5.91 Å². The maximum absolute atomic E-state index is 13.0. The van der Waals surface area contributed by atoms with E-state index in [1.54, 1.807) is 36.4 Å². The van der Waals surface area contributed by atoms with Crippen LogP contribution in [0.15, 0.2) is 48.5 Å². The summed E-state index contributed by atoms with van der Waals surface area (Å²) in [4.78, 5) is 13.6. The van der Waals surface area contributed by atoms with Gasteiger partial charge in [-0.05, 0) is 41.7 Å². The predicted molar refractivity (Wildman–Crippen MR) is 94.9 cm³/mol. The number of nitriles is 1. The number of halogens is 4. The molecule has 2 aromatic carbocycles. The van der Waals surface area contributed by atoms with Crippen LogP contribution in [-0.2, 0) is 11.3 Å². The Labute approximate surface area is 160 Å². The first-order valence-corrected chi connectivity index (χ1v) is 8.75. The molecule has 3 rings (SSSR count). The number of hydrogen-bond donors (Lipinski definition) is 0. The largest absolute Gasteiger partial charge is 0.406 e. The van der Waals surface area contributed by atoms with E-state index in [1.807, 2.05) is 6.07 Å². The minimum atomic E-state index is -4.49. The lowest BCUT2D eigenvalue weighted by atomic mass is 10.1. The van der Waals surface area contributed by atoms with Crippen LogP contribution in [0.1, 0.15) is 29.0 Å². The SMILES string of the molecule is N#Cc1ccc(CN(CC(F)(F)F)C(=O)C2CC2c2ccccc2Cl)cc1. The van der Waals surface area contributed by atoms with E-state index in [0.717, 1.165) is 10.5 Å². The van der Waals surface area contributed by atoms with E-state index in [9.17, 15) is 18.0 Å². The van der Waals surface area contributed by atoms with Gasteiger partial charge in [-0.15, -0.1) is 0 Å². The highest BCUT2D eigenvalue weighted by molar-refractivity contribution is 6.31. The first-order valence-electron chi connectivity index (χ1n) is 8.37. The highest BCUT2D eigenvalue weighted by atomic mass is 35.5. The summed E-state index contributed by atoms with van der Waals surface area (Å²) in [5.41, 5.74) is 1.75. The van der Waals surface area contributed by atoms with Gasteiger partial charge in [0.15, 0.2) is 0 Å². The number of nitrogens with zero attached hydrogens (tertiary/aromatic N) is 2. The van der Waals surface area contributed by atoms with E-state index in [4.69, 9.17) is 16.9 Å². The number of hydrogen-bond acceptors (Lipinski definition) is 2. The summed E-state index contributed by atoms with van der Waals surface area (Å²) in [5, 5.41) is 9.34. The van der Waals surface area contributed by atoms with Crippen LogP contribution in [0.4, 0.5) is 13.2 Å². The third kappa shape index (κ3) is 4.81. The number of amides is 1. The summed E-state index contributed by atoms with van der Waals surface area (Å²) >= 11 is 6.14. The van der Waals surface area contributed by atoms with Crippen LogP contribution >= 0.6 is 11.6 Å². The van der Waals surface area contributed by atoms with Crippen LogP contribution in [0.3, 0.4) is 0 Å². The zero-order valence-corrected chi connectivity index (χ0v) is 15.0. The second kappa shape index (κ2) is 7.61. The monoisotopic (exact) mass is 392 g/mol. The summed E-state index contributed by atoms with van der Waals surface area (Å²) in [6, 6.07) is 15.2. The Kier molecular flexibility index (Phi) is 5.43. The Balaban J connectivity index is 1.76. The number of carbonyl (C=O) groups excluding carboxylic acids is 1. The summed E-state index contributed by atoms with van der Waals surface area (Å²) in [6.45, 7) is -1.46. The Morgan fingerprint density at radius 3 is 2.44 bits per heavy atom. The van der Waals surface area contributed by atoms with Crippen molar-refractivity contribution < 1.29 is 18.0 Å². The van der Waals surface area contributed by atoms with Crippen LogP contribution in [0.2, 0.25) is 5.02 Å². The van der Waals surface area contributed by atoms with Crippen molar-refractivity contribution in [3.05, 3.63) is 70.2 Å². The minimum Gasteiger partial charge on any atom is -0.329 e. The number of alkyl halides is 3. The van der Waals surface area contributed by atoms with Crippen LogP contribution < -0.4 is 0 Å². The van der Waals surface area contributed by atoms with Crippen molar-refractivity contribution in [1.82, 2.24) is 4.90 Å². The van der Waals surface area contributed by atoms with Gasteiger partial charge in [-0.25, -0.2) is 0 Å². The van der Waals surface area contributed by atoms with Gasteiger partial charge in [-0.1, -0.05) is 41.9 Å². The predicted octanol–water partition coefficient (Wildman–Crippen LogP) is 4.91. The Morgan fingerprint density at radius 2 is 1.85 bits per heavy atom. The van der Waals surface area contributed by atoms with E-state index >= 15 is 0 Å². The van der Waals surface area contributed by atoms with E-state index in [0.29, 0.717) is 22.6 Å². The molecule has 2 aromatic rings. The van der Waals surface area contributed by atoms with Gasteiger partial charge in [0, 0.05) is 17.5 Å². The second-order valence-corrected chi connectivity index (χ2v) is 7.00. The molecule has 0 radical (unpaired) electrons. The van der Waals surface area contributed by atoms with Crippen molar-refractivity contribution in [3.8, 4) is 6.07 Å². The van der Waals surface area contributed by atoms with Gasteiger partial charge < -0.3 is 4.90 Å². The topological polar surface area (TPSA) is 44.1 Å². The highest BCUT2D eigenvalue weighted by Crippen LogP contribution is 2.50. The lowest BCUT2D eigenvalue weighted by molar-refractivity contribution is -0.163. The molecular weight excluding hydrogens is 377 g/mol. The first-order chi connectivity index (χ1) is 12.8. The molecule has 1 aliphatic carbocycles. The molecule has 0 spiro atoms. The Hall–Kier alpha value is -2.52. The molecule has 7 heteroatoms. The van der Waals surface area contributed by atoms with Gasteiger partial charge in [-0.3, -0.25) is 4.79 Å². The summed E-state index contributed by atoms with van der Waals surface area (Å²) in [7, 11) is 0. The molecule has 27 heavy (non-hydrogen) atoms. The molecule has 0 heterocycles. The summed E-state index contributed by atoms with van der Waals surface area (Å²) in [6.07, 6.45) is -4.00. The quantitative estimate of drug-likeness (QED) is 0.726. The van der Waals surface area contributed by atoms with Crippen molar-refractivity contribution in [3.63, 3.8) is 0 Å². The molecular formula is C20H16ClF3N2O. The van der Waals surface area contributed by atoms with Crippen LogP contribution in [-0.4, -0.2) is 23.5 Å². The zero-order valence-electron chi connectivity index (χ0n) is 14.2. The smallest absolute Gasteiger partial charge is 0.329 e. The fraction of sp³-hybridized carbons (Fsp3) is 0.300. The van der Waals surface area contributed by atoms with Crippen molar-refractivity contribution in [2.75, 3.05) is 6.54 Å². The van der Waals surface area contributed by atoms with Crippen molar-refractivity contribution in [2.24, 2.45) is 5.92 Å². The zero-order chi connectivity index (χ0) is 19.6. The van der Waals surface area contributed by atoms with E-state index in [2.05, 4.69) is 0 Å². The summed E-state index contributed by atoms with van der Waals surface area (Å²) < 4.78 is 39.0. The molecule has 2 atom stereocenters. The molecule has 1 aliphatic rings. The molecule has 140 valence electrons. The molecule has 0 aliphatic heterocycles. The number of carbonyl (C=O) groups is 1. The second-order valence-electron chi connectivity index (χ2n) is 6.59. The van der Waals surface area contributed by atoms with Crippen molar-refractivity contribution >= 4 is 17.5 Å².